The Morgan fingerprint density at radius 3 is 1.69 bits per heavy atom. The first-order chi connectivity index (χ1) is 13.4. The van der Waals surface area contributed by atoms with Crippen LogP contribution in [0.4, 0.5) is 11.4 Å². The van der Waals surface area contributed by atoms with Crippen molar-refractivity contribution >= 4 is 40.5 Å². The van der Waals surface area contributed by atoms with Gasteiger partial charge < -0.3 is 16.0 Å². The van der Waals surface area contributed by atoms with Crippen LogP contribution in [0.2, 0.25) is 0 Å². The minimum absolute atomic E-state index is 0.0464. The Morgan fingerprint density at radius 2 is 1.24 bits per heavy atom. The van der Waals surface area contributed by atoms with Crippen molar-refractivity contribution in [1.29, 1.82) is 0 Å². The highest BCUT2D eigenvalue weighted by molar-refractivity contribution is 7.80. The molecule has 2 rings (SSSR count). The minimum atomic E-state index is -0.523. The van der Waals surface area contributed by atoms with Crippen LogP contribution in [-0.2, 0) is 10.2 Å². The van der Waals surface area contributed by atoms with Crippen LogP contribution < -0.4 is 16.0 Å². The number of hydrogen-bond acceptors (Lipinski definition) is 3. The Balaban J connectivity index is 1.95. The van der Waals surface area contributed by atoms with Crippen molar-refractivity contribution in [2.24, 2.45) is 5.41 Å². The molecule has 0 fully saturated rings. The van der Waals surface area contributed by atoms with Crippen molar-refractivity contribution in [3.05, 3.63) is 59.7 Å². The van der Waals surface area contributed by atoms with E-state index in [0.717, 1.165) is 5.69 Å². The number of carbonyl (C=O) groups is 2. The lowest BCUT2D eigenvalue weighted by atomic mass is 9.87. The van der Waals surface area contributed by atoms with Gasteiger partial charge in [0, 0.05) is 22.4 Å². The summed E-state index contributed by atoms with van der Waals surface area (Å²) >= 11 is 5.17. The van der Waals surface area contributed by atoms with Gasteiger partial charge >= 0.3 is 0 Å². The van der Waals surface area contributed by atoms with E-state index >= 15 is 0 Å². The summed E-state index contributed by atoms with van der Waals surface area (Å²) in [5, 5.41) is 8.74. The fraction of sp³-hybridized carbons (Fsp3) is 0.348. The zero-order valence-corrected chi connectivity index (χ0v) is 18.7. The summed E-state index contributed by atoms with van der Waals surface area (Å²) in [4.78, 5) is 24.4. The van der Waals surface area contributed by atoms with E-state index in [1.54, 1.807) is 24.3 Å². The predicted octanol–water partition coefficient (Wildman–Crippen LogP) is 5.10. The van der Waals surface area contributed by atoms with Gasteiger partial charge in [0.15, 0.2) is 5.11 Å². The van der Waals surface area contributed by atoms with E-state index < -0.39 is 5.41 Å². The standard InChI is InChI=1S/C23H29N3O2S/c1-22(2,3)16-9-7-15(8-10-16)19(27)24-17-11-13-18(14-12-17)25-21(29)26-20(28)23(4,5)6/h7-14H,1-6H3,(H,24,27)(H2,25,26,28,29). The molecule has 2 amide bonds. The van der Waals surface area contributed by atoms with Crippen LogP contribution in [0, 0.1) is 5.41 Å². The summed E-state index contributed by atoms with van der Waals surface area (Å²) in [5.41, 5.74) is 2.70. The van der Waals surface area contributed by atoms with Gasteiger partial charge in [0.1, 0.15) is 0 Å². The second-order valence-corrected chi connectivity index (χ2v) is 9.43. The van der Waals surface area contributed by atoms with Crippen LogP contribution in [0.25, 0.3) is 0 Å². The van der Waals surface area contributed by atoms with Crippen molar-refractivity contribution in [3.8, 4) is 0 Å². The van der Waals surface area contributed by atoms with Crippen LogP contribution in [0.1, 0.15) is 57.5 Å². The van der Waals surface area contributed by atoms with Gasteiger partial charge in [-0.05, 0) is 59.6 Å². The van der Waals surface area contributed by atoms with Crippen LogP contribution in [0.3, 0.4) is 0 Å². The van der Waals surface area contributed by atoms with E-state index in [9.17, 15) is 9.59 Å². The van der Waals surface area contributed by atoms with E-state index in [4.69, 9.17) is 12.2 Å². The molecule has 0 spiro atoms. The Labute approximate surface area is 178 Å². The minimum Gasteiger partial charge on any atom is -0.332 e. The quantitative estimate of drug-likeness (QED) is 0.615. The van der Waals surface area contributed by atoms with Gasteiger partial charge in [0.25, 0.3) is 5.91 Å². The van der Waals surface area contributed by atoms with Crippen molar-refractivity contribution in [2.45, 2.75) is 47.0 Å². The molecule has 6 heteroatoms. The van der Waals surface area contributed by atoms with Gasteiger partial charge in [-0.15, -0.1) is 0 Å². The molecule has 0 aliphatic carbocycles. The summed E-state index contributed by atoms with van der Waals surface area (Å²) < 4.78 is 0. The van der Waals surface area contributed by atoms with Gasteiger partial charge in [0.2, 0.25) is 5.91 Å². The predicted molar refractivity (Wildman–Crippen MR) is 123 cm³/mol. The van der Waals surface area contributed by atoms with E-state index in [0.29, 0.717) is 11.3 Å². The lowest BCUT2D eigenvalue weighted by Crippen LogP contribution is -2.41. The highest BCUT2D eigenvalue weighted by Crippen LogP contribution is 2.22. The lowest BCUT2D eigenvalue weighted by Gasteiger charge is -2.19. The zero-order valence-electron chi connectivity index (χ0n) is 17.8. The molecule has 0 aliphatic heterocycles. The topological polar surface area (TPSA) is 70.2 Å². The van der Waals surface area contributed by atoms with E-state index in [1.165, 1.54) is 5.56 Å². The SMILES string of the molecule is CC(C)(C)C(=O)NC(=S)Nc1ccc(NC(=O)c2ccc(C(C)(C)C)cc2)cc1. The molecule has 2 aromatic rings. The second kappa shape index (κ2) is 8.74. The van der Waals surface area contributed by atoms with Crippen molar-refractivity contribution in [1.82, 2.24) is 5.32 Å². The molecule has 0 saturated heterocycles. The molecule has 0 heterocycles. The van der Waals surface area contributed by atoms with Crippen LogP contribution in [0.15, 0.2) is 48.5 Å². The first kappa shape index (κ1) is 22.6. The highest BCUT2D eigenvalue weighted by Gasteiger charge is 2.22. The summed E-state index contributed by atoms with van der Waals surface area (Å²) in [5.74, 6) is -0.324. The third kappa shape index (κ3) is 6.68. The molecule has 0 aromatic heterocycles. The molecule has 0 radical (unpaired) electrons. The number of thiocarbonyl (C=S) groups is 1. The van der Waals surface area contributed by atoms with Crippen molar-refractivity contribution in [2.75, 3.05) is 10.6 Å². The van der Waals surface area contributed by atoms with E-state index in [1.807, 2.05) is 45.0 Å². The Kier molecular flexibility index (Phi) is 6.80. The number of nitrogens with one attached hydrogen (secondary N) is 3. The summed E-state index contributed by atoms with van der Waals surface area (Å²) in [7, 11) is 0. The van der Waals surface area contributed by atoms with Crippen molar-refractivity contribution in [3.63, 3.8) is 0 Å². The highest BCUT2D eigenvalue weighted by atomic mass is 32.1. The maximum Gasteiger partial charge on any atom is 0.255 e. The molecule has 0 unspecified atom stereocenters. The maximum absolute atomic E-state index is 12.5. The van der Waals surface area contributed by atoms with E-state index in [2.05, 4.69) is 36.7 Å². The third-order valence-electron chi connectivity index (χ3n) is 4.32. The first-order valence-electron chi connectivity index (χ1n) is 9.51. The summed E-state index contributed by atoms with van der Waals surface area (Å²) in [6, 6.07) is 14.8. The number of hydrogen-bond donors (Lipinski definition) is 3. The number of amides is 2. The zero-order chi connectivity index (χ0) is 21.8. The fourth-order valence-corrected chi connectivity index (χ4v) is 2.63. The molecular weight excluding hydrogens is 382 g/mol. The number of rotatable bonds is 3. The largest absolute Gasteiger partial charge is 0.332 e. The monoisotopic (exact) mass is 411 g/mol. The number of benzene rings is 2. The van der Waals surface area contributed by atoms with Gasteiger partial charge in [-0.2, -0.15) is 0 Å². The average molecular weight is 412 g/mol. The lowest BCUT2D eigenvalue weighted by molar-refractivity contribution is -0.126. The Morgan fingerprint density at radius 1 is 0.759 bits per heavy atom. The van der Waals surface area contributed by atoms with Gasteiger partial charge in [0.05, 0.1) is 0 Å². The van der Waals surface area contributed by atoms with Crippen LogP contribution in [0.5, 0.6) is 0 Å². The Bertz CT molecular complexity index is 890. The van der Waals surface area contributed by atoms with Crippen LogP contribution in [-0.4, -0.2) is 16.9 Å². The average Bonchev–Trinajstić information content (AvgIpc) is 2.62. The molecule has 29 heavy (non-hydrogen) atoms. The van der Waals surface area contributed by atoms with E-state index in [-0.39, 0.29) is 22.3 Å². The Hall–Kier alpha value is -2.73. The molecule has 0 saturated carbocycles. The molecular formula is C23H29N3O2S. The molecule has 3 N–H and O–H groups in total. The molecule has 0 atom stereocenters. The molecule has 0 aliphatic rings. The third-order valence-corrected chi connectivity index (χ3v) is 4.53. The molecule has 0 bridgehead atoms. The van der Waals surface area contributed by atoms with Gasteiger partial charge in [-0.3, -0.25) is 9.59 Å². The maximum atomic E-state index is 12.5. The summed E-state index contributed by atoms with van der Waals surface area (Å²) in [6.45, 7) is 11.9. The van der Waals surface area contributed by atoms with Crippen molar-refractivity contribution < 1.29 is 9.59 Å². The number of carbonyl (C=O) groups excluding carboxylic acids is 2. The first-order valence-corrected chi connectivity index (χ1v) is 9.91. The van der Waals surface area contributed by atoms with Gasteiger partial charge in [-0.1, -0.05) is 53.7 Å². The smallest absolute Gasteiger partial charge is 0.255 e. The normalized spacial score (nSPS) is 11.5. The molecule has 2 aromatic carbocycles. The van der Waals surface area contributed by atoms with Gasteiger partial charge in [-0.25, -0.2) is 0 Å². The fourth-order valence-electron chi connectivity index (χ4n) is 2.41. The van der Waals surface area contributed by atoms with Crippen LogP contribution >= 0.6 is 12.2 Å². The molecule has 154 valence electrons. The number of anilines is 2. The molecule has 5 nitrogen and oxygen atoms in total. The summed E-state index contributed by atoms with van der Waals surface area (Å²) in [6.07, 6.45) is 0. The second-order valence-electron chi connectivity index (χ2n) is 9.02.